The highest BCUT2D eigenvalue weighted by Gasteiger charge is 2.17. The van der Waals surface area contributed by atoms with Crippen LogP contribution in [0, 0.1) is 13.8 Å². The number of morpholine rings is 1. The van der Waals surface area contributed by atoms with Gasteiger partial charge in [-0.1, -0.05) is 13.8 Å². The number of furan rings is 1. The van der Waals surface area contributed by atoms with E-state index < -0.39 is 0 Å². The number of aryl methyl sites for hydroxylation is 2. The lowest BCUT2D eigenvalue weighted by Crippen LogP contribution is -2.36. The Kier molecular flexibility index (Phi) is 4.43. The number of pyridine rings is 1. The van der Waals surface area contributed by atoms with Crippen molar-refractivity contribution in [2.45, 2.75) is 27.7 Å². The second kappa shape index (κ2) is 6.06. The van der Waals surface area contributed by atoms with E-state index >= 15 is 0 Å². The highest BCUT2D eigenvalue weighted by Crippen LogP contribution is 2.29. The van der Waals surface area contributed by atoms with Crippen molar-refractivity contribution in [2.75, 3.05) is 31.2 Å². The summed E-state index contributed by atoms with van der Waals surface area (Å²) < 4.78 is 11.1. The predicted molar refractivity (Wildman–Crippen MR) is 77.9 cm³/mol. The maximum Gasteiger partial charge on any atom is 0.175 e. The zero-order valence-electron chi connectivity index (χ0n) is 12.2. The average Bonchev–Trinajstić information content (AvgIpc) is 2.81. The van der Waals surface area contributed by atoms with E-state index in [-0.39, 0.29) is 0 Å². The first-order valence-electron chi connectivity index (χ1n) is 6.94. The van der Waals surface area contributed by atoms with Gasteiger partial charge in [-0.15, -0.1) is 0 Å². The fourth-order valence-corrected chi connectivity index (χ4v) is 2.29. The van der Waals surface area contributed by atoms with Gasteiger partial charge >= 0.3 is 0 Å². The molecule has 0 bridgehead atoms. The molecular weight excluding hydrogens is 240 g/mol. The lowest BCUT2D eigenvalue weighted by atomic mass is 10.2. The van der Waals surface area contributed by atoms with Crippen LogP contribution < -0.4 is 4.90 Å². The Morgan fingerprint density at radius 3 is 2.47 bits per heavy atom. The van der Waals surface area contributed by atoms with Crippen LogP contribution >= 0.6 is 0 Å². The van der Waals surface area contributed by atoms with Crippen molar-refractivity contribution in [2.24, 2.45) is 0 Å². The minimum atomic E-state index is 0.780. The third-order valence-electron chi connectivity index (χ3n) is 3.06. The molecule has 0 amide bonds. The first kappa shape index (κ1) is 13.9. The van der Waals surface area contributed by atoms with E-state index in [9.17, 15) is 0 Å². The number of fused-ring (bicyclic) bond motifs is 1. The summed E-state index contributed by atoms with van der Waals surface area (Å²) in [6, 6.07) is 4.09. The Balaban J connectivity index is 0.000000637. The minimum absolute atomic E-state index is 0.780. The lowest BCUT2D eigenvalue weighted by molar-refractivity contribution is 0.122. The van der Waals surface area contributed by atoms with Gasteiger partial charge in [0.15, 0.2) is 5.58 Å². The molecule has 1 fully saturated rings. The number of anilines is 1. The standard InChI is InChI=1S/C13H16N2O2.C2H6/c1-9-7-12(15-3-5-16-6-4-15)13-11(14-9)8-10(2)17-13;1-2/h7-8H,3-6H2,1-2H3;1-2H3. The normalized spacial score (nSPS) is 15.3. The van der Waals surface area contributed by atoms with Crippen molar-refractivity contribution in [3.05, 3.63) is 23.6 Å². The van der Waals surface area contributed by atoms with Crippen molar-refractivity contribution in [3.63, 3.8) is 0 Å². The van der Waals surface area contributed by atoms with Crippen molar-refractivity contribution in [1.29, 1.82) is 0 Å². The number of ether oxygens (including phenoxy) is 1. The topological polar surface area (TPSA) is 38.5 Å². The zero-order chi connectivity index (χ0) is 13.8. The van der Waals surface area contributed by atoms with Crippen molar-refractivity contribution >= 4 is 16.8 Å². The summed E-state index contributed by atoms with van der Waals surface area (Å²) in [6.45, 7) is 11.4. The van der Waals surface area contributed by atoms with Crippen LogP contribution in [-0.4, -0.2) is 31.3 Å². The Labute approximate surface area is 114 Å². The Morgan fingerprint density at radius 2 is 1.79 bits per heavy atom. The van der Waals surface area contributed by atoms with Crippen molar-refractivity contribution in [3.8, 4) is 0 Å². The summed E-state index contributed by atoms with van der Waals surface area (Å²) in [5, 5.41) is 0. The van der Waals surface area contributed by atoms with E-state index in [1.807, 2.05) is 33.8 Å². The summed E-state index contributed by atoms with van der Waals surface area (Å²) >= 11 is 0. The molecule has 2 aromatic rings. The van der Waals surface area contributed by atoms with Crippen LogP contribution in [0.4, 0.5) is 5.69 Å². The molecule has 0 aliphatic carbocycles. The number of rotatable bonds is 1. The second-order valence-corrected chi connectivity index (χ2v) is 4.45. The molecule has 3 heterocycles. The van der Waals surface area contributed by atoms with E-state index in [0.717, 1.165) is 54.5 Å². The van der Waals surface area contributed by atoms with Crippen molar-refractivity contribution in [1.82, 2.24) is 4.98 Å². The predicted octanol–water partition coefficient (Wildman–Crippen LogP) is 3.31. The van der Waals surface area contributed by atoms with E-state index in [1.54, 1.807) is 0 Å². The summed E-state index contributed by atoms with van der Waals surface area (Å²) in [5.41, 5.74) is 4.02. The molecule has 4 heteroatoms. The van der Waals surface area contributed by atoms with E-state index in [1.165, 1.54) is 0 Å². The highest BCUT2D eigenvalue weighted by atomic mass is 16.5. The number of aromatic nitrogens is 1. The molecule has 1 saturated heterocycles. The monoisotopic (exact) mass is 262 g/mol. The molecule has 4 nitrogen and oxygen atoms in total. The molecule has 0 radical (unpaired) electrons. The molecule has 1 aliphatic heterocycles. The molecule has 0 saturated carbocycles. The Bertz CT molecular complexity index is 542. The maximum absolute atomic E-state index is 5.76. The van der Waals surface area contributed by atoms with Gasteiger partial charge in [0.25, 0.3) is 0 Å². The first-order chi connectivity index (χ1) is 9.24. The average molecular weight is 262 g/mol. The molecule has 0 spiro atoms. The first-order valence-corrected chi connectivity index (χ1v) is 6.94. The van der Waals surface area contributed by atoms with Gasteiger partial charge in [0.2, 0.25) is 0 Å². The van der Waals surface area contributed by atoms with Gasteiger partial charge < -0.3 is 14.1 Å². The molecule has 3 rings (SSSR count). The maximum atomic E-state index is 5.76. The van der Waals surface area contributed by atoms with E-state index in [0.29, 0.717) is 0 Å². The molecule has 104 valence electrons. The molecule has 0 atom stereocenters. The SMILES string of the molecule is CC.Cc1cc(N2CCOCC2)c2oc(C)cc2n1. The van der Waals surface area contributed by atoms with Crippen LogP contribution in [0.1, 0.15) is 25.3 Å². The van der Waals surface area contributed by atoms with Gasteiger partial charge in [0.1, 0.15) is 11.3 Å². The summed E-state index contributed by atoms with van der Waals surface area (Å²) in [7, 11) is 0. The van der Waals surface area contributed by atoms with Crippen LogP contribution in [-0.2, 0) is 4.74 Å². The molecule has 0 aromatic carbocycles. The molecule has 2 aromatic heterocycles. The van der Waals surface area contributed by atoms with Crippen LogP contribution in [0.5, 0.6) is 0 Å². The minimum Gasteiger partial charge on any atom is -0.457 e. The Hall–Kier alpha value is -1.55. The fraction of sp³-hybridized carbons (Fsp3) is 0.533. The van der Waals surface area contributed by atoms with Gasteiger partial charge in [-0.25, -0.2) is 4.98 Å². The quantitative estimate of drug-likeness (QED) is 0.790. The molecule has 0 N–H and O–H groups in total. The van der Waals surface area contributed by atoms with Crippen LogP contribution in [0.3, 0.4) is 0 Å². The van der Waals surface area contributed by atoms with Gasteiger partial charge in [0.05, 0.1) is 18.9 Å². The molecule has 19 heavy (non-hydrogen) atoms. The second-order valence-electron chi connectivity index (χ2n) is 4.45. The van der Waals surface area contributed by atoms with Crippen LogP contribution in [0.25, 0.3) is 11.1 Å². The third kappa shape index (κ3) is 2.89. The van der Waals surface area contributed by atoms with E-state index in [4.69, 9.17) is 9.15 Å². The molecular formula is C15H22N2O2. The number of nitrogens with zero attached hydrogens (tertiary/aromatic N) is 2. The Morgan fingerprint density at radius 1 is 1.11 bits per heavy atom. The van der Waals surface area contributed by atoms with Gasteiger partial charge in [-0.3, -0.25) is 0 Å². The third-order valence-corrected chi connectivity index (χ3v) is 3.06. The van der Waals surface area contributed by atoms with Gasteiger partial charge in [0, 0.05) is 24.8 Å². The van der Waals surface area contributed by atoms with Gasteiger partial charge in [-0.2, -0.15) is 0 Å². The molecule has 0 unspecified atom stereocenters. The summed E-state index contributed by atoms with van der Waals surface area (Å²) in [5.74, 6) is 0.910. The van der Waals surface area contributed by atoms with Crippen LogP contribution in [0.15, 0.2) is 16.5 Å². The zero-order valence-corrected chi connectivity index (χ0v) is 12.2. The summed E-state index contributed by atoms with van der Waals surface area (Å²) in [6.07, 6.45) is 0. The van der Waals surface area contributed by atoms with Crippen molar-refractivity contribution < 1.29 is 9.15 Å². The number of hydrogen-bond donors (Lipinski definition) is 0. The van der Waals surface area contributed by atoms with Crippen LogP contribution in [0.2, 0.25) is 0 Å². The van der Waals surface area contributed by atoms with Gasteiger partial charge in [-0.05, 0) is 19.9 Å². The summed E-state index contributed by atoms with van der Waals surface area (Å²) in [4.78, 5) is 6.81. The molecule has 1 aliphatic rings. The lowest BCUT2D eigenvalue weighted by Gasteiger charge is -2.28. The largest absolute Gasteiger partial charge is 0.457 e. The smallest absolute Gasteiger partial charge is 0.175 e. The fourth-order valence-electron chi connectivity index (χ4n) is 2.29. The van der Waals surface area contributed by atoms with E-state index in [2.05, 4.69) is 16.0 Å². The number of hydrogen-bond acceptors (Lipinski definition) is 4. The highest BCUT2D eigenvalue weighted by molar-refractivity contribution is 5.87.